The first-order valence-corrected chi connectivity index (χ1v) is 7.68. The van der Waals surface area contributed by atoms with Crippen molar-refractivity contribution in [2.75, 3.05) is 13.2 Å². The smallest absolute Gasteiger partial charge is 0.257 e. The van der Waals surface area contributed by atoms with Gasteiger partial charge in [-0.15, -0.1) is 0 Å². The monoisotopic (exact) mass is 297 g/mol. The third-order valence-electron chi connectivity index (χ3n) is 3.47. The molecule has 2 aromatic carbocycles. The van der Waals surface area contributed by atoms with E-state index in [1.54, 1.807) is 0 Å². The molecule has 0 radical (unpaired) electrons. The molecule has 0 saturated heterocycles. The molecule has 22 heavy (non-hydrogen) atoms. The summed E-state index contributed by atoms with van der Waals surface area (Å²) in [6.45, 7) is 4.94. The Morgan fingerprint density at radius 3 is 2.59 bits per heavy atom. The summed E-state index contributed by atoms with van der Waals surface area (Å²) in [6, 6.07) is 18.0. The number of ether oxygens (including phenoxy) is 1. The first-order chi connectivity index (χ1) is 10.6. The Balaban J connectivity index is 1.72. The van der Waals surface area contributed by atoms with Crippen LogP contribution in [0.25, 0.3) is 0 Å². The van der Waals surface area contributed by atoms with Gasteiger partial charge >= 0.3 is 0 Å². The molecule has 1 amide bonds. The van der Waals surface area contributed by atoms with E-state index in [9.17, 15) is 4.79 Å². The molecule has 0 aliphatic carbocycles. The molecular formula is C19H23NO2. The molecule has 2 rings (SSSR count). The van der Waals surface area contributed by atoms with Gasteiger partial charge in [-0.25, -0.2) is 0 Å². The molecule has 0 spiro atoms. The largest absolute Gasteiger partial charge is 0.484 e. The fourth-order valence-corrected chi connectivity index (χ4v) is 2.15. The van der Waals surface area contributed by atoms with Gasteiger partial charge in [0.05, 0.1) is 0 Å². The Hall–Kier alpha value is -2.29. The van der Waals surface area contributed by atoms with Gasteiger partial charge in [-0.3, -0.25) is 4.79 Å². The van der Waals surface area contributed by atoms with Crippen molar-refractivity contribution in [3.05, 3.63) is 65.7 Å². The minimum atomic E-state index is -0.0918. The zero-order valence-electron chi connectivity index (χ0n) is 13.2. The fourth-order valence-electron chi connectivity index (χ4n) is 2.15. The summed E-state index contributed by atoms with van der Waals surface area (Å²) in [4.78, 5) is 11.8. The molecule has 116 valence electrons. The Labute approximate surface area is 132 Å². The molecule has 0 aliphatic rings. The van der Waals surface area contributed by atoms with Gasteiger partial charge in [0, 0.05) is 6.54 Å². The maximum absolute atomic E-state index is 11.8. The molecule has 0 unspecified atom stereocenters. The summed E-state index contributed by atoms with van der Waals surface area (Å²) in [5.74, 6) is 1.10. The van der Waals surface area contributed by atoms with E-state index in [0.717, 1.165) is 12.2 Å². The third-order valence-corrected chi connectivity index (χ3v) is 3.47. The van der Waals surface area contributed by atoms with Gasteiger partial charge in [-0.05, 0) is 35.6 Å². The van der Waals surface area contributed by atoms with E-state index < -0.39 is 0 Å². The summed E-state index contributed by atoms with van der Waals surface area (Å²) >= 11 is 0. The molecular weight excluding hydrogens is 274 g/mol. The number of carbonyl (C=O) groups excluding carboxylic acids is 1. The second-order valence-electron chi connectivity index (χ2n) is 5.60. The summed E-state index contributed by atoms with van der Waals surface area (Å²) < 4.78 is 5.55. The van der Waals surface area contributed by atoms with Crippen molar-refractivity contribution in [1.82, 2.24) is 5.32 Å². The predicted molar refractivity (Wildman–Crippen MR) is 89.2 cm³/mol. The Bertz CT molecular complexity index is 593. The molecule has 2 aromatic rings. The average Bonchev–Trinajstić information content (AvgIpc) is 2.54. The van der Waals surface area contributed by atoms with E-state index in [4.69, 9.17) is 4.74 Å². The van der Waals surface area contributed by atoms with E-state index in [2.05, 4.69) is 37.4 Å². The van der Waals surface area contributed by atoms with Gasteiger partial charge in [-0.2, -0.15) is 0 Å². The van der Waals surface area contributed by atoms with Crippen molar-refractivity contribution in [2.45, 2.75) is 26.2 Å². The zero-order chi connectivity index (χ0) is 15.8. The van der Waals surface area contributed by atoms with E-state index in [1.165, 1.54) is 11.1 Å². The summed E-state index contributed by atoms with van der Waals surface area (Å²) in [5.41, 5.74) is 2.43. The minimum Gasteiger partial charge on any atom is -0.484 e. The highest BCUT2D eigenvalue weighted by Gasteiger charge is 2.04. The predicted octanol–water partition coefficient (Wildman–Crippen LogP) is 3.55. The lowest BCUT2D eigenvalue weighted by Gasteiger charge is -2.10. The molecule has 0 aromatic heterocycles. The second-order valence-corrected chi connectivity index (χ2v) is 5.60. The van der Waals surface area contributed by atoms with Crippen LogP contribution in [0.5, 0.6) is 5.75 Å². The van der Waals surface area contributed by atoms with Crippen LogP contribution in [0, 0.1) is 0 Å². The normalized spacial score (nSPS) is 10.5. The number of hydrogen-bond donors (Lipinski definition) is 1. The van der Waals surface area contributed by atoms with Gasteiger partial charge in [0.15, 0.2) is 6.61 Å². The molecule has 0 fully saturated rings. The van der Waals surface area contributed by atoms with Crippen LogP contribution in [0.3, 0.4) is 0 Å². The highest BCUT2D eigenvalue weighted by molar-refractivity contribution is 5.77. The SMILES string of the molecule is CC(C)c1cccc(OCC(=O)NCCc2ccccc2)c1. The second kappa shape index (κ2) is 8.23. The number of rotatable bonds is 7. The molecule has 0 bridgehead atoms. The highest BCUT2D eigenvalue weighted by atomic mass is 16.5. The number of benzene rings is 2. The van der Waals surface area contributed by atoms with Gasteiger partial charge in [0.2, 0.25) is 0 Å². The van der Waals surface area contributed by atoms with E-state index in [0.29, 0.717) is 12.5 Å². The van der Waals surface area contributed by atoms with Gasteiger partial charge in [0.1, 0.15) is 5.75 Å². The molecule has 0 aliphatic heterocycles. The van der Waals surface area contributed by atoms with Gasteiger partial charge in [0.25, 0.3) is 5.91 Å². The van der Waals surface area contributed by atoms with Crippen LogP contribution in [-0.2, 0) is 11.2 Å². The van der Waals surface area contributed by atoms with E-state index >= 15 is 0 Å². The molecule has 3 heteroatoms. The first kappa shape index (κ1) is 16.1. The van der Waals surface area contributed by atoms with Crippen LogP contribution < -0.4 is 10.1 Å². The highest BCUT2D eigenvalue weighted by Crippen LogP contribution is 2.19. The lowest BCUT2D eigenvalue weighted by atomic mass is 10.0. The van der Waals surface area contributed by atoms with Gasteiger partial charge in [-0.1, -0.05) is 56.3 Å². The van der Waals surface area contributed by atoms with Crippen molar-refractivity contribution >= 4 is 5.91 Å². The molecule has 0 saturated carbocycles. The number of hydrogen-bond acceptors (Lipinski definition) is 2. The number of carbonyl (C=O) groups is 1. The number of nitrogens with one attached hydrogen (secondary N) is 1. The van der Waals surface area contributed by atoms with Crippen molar-refractivity contribution in [3.63, 3.8) is 0 Å². The number of amides is 1. The Kier molecular flexibility index (Phi) is 6.01. The lowest BCUT2D eigenvalue weighted by Crippen LogP contribution is -2.30. The maximum atomic E-state index is 11.8. The first-order valence-electron chi connectivity index (χ1n) is 7.68. The van der Waals surface area contributed by atoms with E-state index in [-0.39, 0.29) is 12.5 Å². The standard InChI is InChI=1S/C19H23NO2/c1-15(2)17-9-6-10-18(13-17)22-14-19(21)20-12-11-16-7-4-3-5-8-16/h3-10,13,15H,11-12,14H2,1-2H3,(H,20,21). The van der Waals surface area contributed by atoms with Crippen molar-refractivity contribution in [1.29, 1.82) is 0 Å². The molecule has 3 nitrogen and oxygen atoms in total. The maximum Gasteiger partial charge on any atom is 0.257 e. The quantitative estimate of drug-likeness (QED) is 0.849. The average molecular weight is 297 g/mol. The van der Waals surface area contributed by atoms with Crippen LogP contribution >= 0.6 is 0 Å². The Morgan fingerprint density at radius 1 is 1.09 bits per heavy atom. The van der Waals surface area contributed by atoms with Crippen LogP contribution in [0.4, 0.5) is 0 Å². The zero-order valence-corrected chi connectivity index (χ0v) is 13.2. The fraction of sp³-hybridized carbons (Fsp3) is 0.316. The summed E-state index contributed by atoms with van der Waals surface area (Å²) in [6.07, 6.45) is 0.829. The summed E-state index contributed by atoms with van der Waals surface area (Å²) in [7, 11) is 0. The van der Waals surface area contributed by atoms with Gasteiger partial charge < -0.3 is 10.1 Å². The third kappa shape index (κ3) is 5.24. The van der Waals surface area contributed by atoms with Crippen LogP contribution in [0.15, 0.2) is 54.6 Å². The topological polar surface area (TPSA) is 38.3 Å². The lowest BCUT2D eigenvalue weighted by molar-refractivity contribution is -0.123. The Morgan fingerprint density at radius 2 is 1.86 bits per heavy atom. The molecule has 0 atom stereocenters. The van der Waals surface area contributed by atoms with Crippen molar-refractivity contribution in [2.24, 2.45) is 0 Å². The molecule has 0 heterocycles. The van der Waals surface area contributed by atoms with Crippen LogP contribution in [0.2, 0.25) is 0 Å². The molecule has 1 N–H and O–H groups in total. The van der Waals surface area contributed by atoms with Crippen molar-refractivity contribution < 1.29 is 9.53 Å². The van der Waals surface area contributed by atoms with Crippen LogP contribution in [0.1, 0.15) is 30.9 Å². The minimum absolute atomic E-state index is 0.0519. The van der Waals surface area contributed by atoms with Crippen molar-refractivity contribution in [3.8, 4) is 5.75 Å². The van der Waals surface area contributed by atoms with Crippen LogP contribution in [-0.4, -0.2) is 19.1 Å². The van der Waals surface area contributed by atoms with E-state index in [1.807, 2.05) is 36.4 Å². The summed E-state index contributed by atoms with van der Waals surface area (Å²) in [5, 5.41) is 2.87.